The van der Waals surface area contributed by atoms with Crippen LogP contribution in [0.5, 0.6) is 0 Å². The van der Waals surface area contributed by atoms with Crippen molar-refractivity contribution in [1.29, 1.82) is 0 Å². The maximum atomic E-state index is 5.12. The van der Waals surface area contributed by atoms with Crippen molar-refractivity contribution in [3.05, 3.63) is 209 Å². The van der Waals surface area contributed by atoms with Gasteiger partial charge < -0.3 is 0 Å². The lowest BCUT2D eigenvalue weighted by Gasteiger charge is -2.45. The van der Waals surface area contributed by atoms with E-state index in [9.17, 15) is 0 Å². The molecule has 10 rings (SSSR count). The molecule has 2 atom stereocenters. The van der Waals surface area contributed by atoms with Gasteiger partial charge >= 0.3 is 0 Å². The summed E-state index contributed by atoms with van der Waals surface area (Å²) in [6.07, 6.45) is 6.86. The third kappa shape index (κ3) is 6.63. The standard InChI is InChI=1S/C57H49BN2/c1-37-31-48(41-15-8-6-9-16-41)32-38(2)55(37)58(57(5)39(3)33-49(34-40(57)4)42-17-10-7-11-18-42)50-20-14-19-46(35-50)43-23-25-44(26-24-43)47-28-27-45-29-30-54-56(51(45)36-47)60-53-22-13-12-21-52(53)59-54/h6-28,31-36,39H,29-30H2,1-5H3. The van der Waals surface area contributed by atoms with Crippen LogP contribution >= 0.6 is 0 Å². The molecule has 1 aromatic heterocycles. The first-order valence-electron chi connectivity index (χ1n) is 21.5. The predicted octanol–water partition coefficient (Wildman–Crippen LogP) is 13.1. The minimum absolute atomic E-state index is 0.125. The molecule has 0 saturated carbocycles. The van der Waals surface area contributed by atoms with Crippen LogP contribution in [0.25, 0.3) is 61.2 Å². The quantitative estimate of drug-likeness (QED) is 0.151. The Morgan fingerprint density at radius 2 is 1.10 bits per heavy atom. The fourth-order valence-electron chi connectivity index (χ4n) is 10.2. The molecule has 2 aliphatic rings. The van der Waals surface area contributed by atoms with Crippen molar-refractivity contribution in [2.24, 2.45) is 5.92 Å². The second-order valence-corrected chi connectivity index (χ2v) is 17.3. The largest absolute Gasteiger partial charge is 0.249 e. The fourth-order valence-corrected chi connectivity index (χ4v) is 10.2. The Hall–Kier alpha value is -6.58. The molecule has 7 aromatic carbocycles. The number of aryl methyl sites for hydroxylation is 4. The molecule has 3 heteroatoms. The van der Waals surface area contributed by atoms with Crippen LogP contribution in [-0.2, 0) is 12.8 Å². The van der Waals surface area contributed by atoms with Gasteiger partial charge in [-0.2, -0.15) is 0 Å². The van der Waals surface area contributed by atoms with Crippen LogP contribution in [0.4, 0.5) is 0 Å². The van der Waals surface area contributed by atoms with E-state index in [0.29, 0.717) is 0 Å². The second kappa shape index (κ2) is 15.2. The summed E-state index contributed by atoms with van der Waals surface area (Å²) in [4.78, 5) is 10.1. The monoisotopic (exact) mass is 772 g/mol. The normalized spacial score (nSPS) is 17.1. The molecule has 2 nitrogen and oxygen atoms in total. The Balaban J connectivity index is 1.03. The summed E-state index contributed by atoms with van der Waals surface area (Å²) in [7, 11) is 0. The van der Waals surface area contributed by atoms with Crippen LogP contribution in [0.1, 0.15) is 48.7 Å². The number of allylic oxidation sites excluding steroid dienone is 4. The summed E-state index contributed by atoms with van der Waals surface area (Å²) in [5.74, 6) is 0.284. The number of para-hydroxylation sites is 2. The van der Waals surface area contributed by atoms with E-state index in [-0.39, 0.29) is 17.9 Å². The maximum absolute atomic E-state index is 5.12. The molecular formula is C57H49BN2. The van der Waals surface area contributed by atoms with Crippen molar-refractivity contribution in [2.45, 2.75) is 52.8 Å². The van der Waals surface area contributed by atoms with Crippen LogP contribution < -0.4 is 10.9 Å². The lowest BCUT2D eigenvalue weighted by molar-refractivity contribution is 0.539. The number of hydrogen-bond acceptors (Lipinski definition) is 2. The molecule has 290 valence electrons. The highest BCUT2D eigenvalue weighted by Gasteiger charge is 2.47. The van der Waals surface area contributed by atoms with Gasteiger partial charge in [-0.05, 0) is 113 Å². The first-order chi connectivity index (χ1) is 29.2. The molecule has 1 heterocycles. The molecule has 0 N–H and O–H groups in total. The fraction of sp³-hybridized carbons (Fsp3) is 0.158. The Bertz CT molecular complexity index is 2960. The zero-order valence-corrected chi connectivity index (χ0v) is 35.2. The van der Waals surface area contributed by atoms with Crippen LogP contribution in [0, 0.1) is 19.8 Å². The zero-order valence-electron chi connectivity index (χ0n) is 35.2. The smallest absolute Gasteiger partial charge is 0.220 e. The van der Waals surface area contributed by atoms with Gasteiger partial charge in [0.25, 0.3) is 0 Å². The van der Waals surface area contributed by atoms with Crippen molar-refractivity contribution in [3.63, 3.8) is 0 Å². The SMILES string of the molecule is CC1=CC(c2ccccc2)=CC(C)C1(C)B(c1cccc(-c2ccc(-c3ccc4c(c3)-c3nc5ccccc5nc3CC4)cc2)c1)c1c(C)cc(-c2ccccc2)cc1C. The Morgan fingerprint density at radius 3 is 1.77 bits per heavy atom. The van der Waals surface area contributed by atoms with Crippen LogP contribution in [0.3, 0.4) is 0 Å². The lowest BCUT2D eigenvalue weighted by Crippen LogP contribution is -2.55. The molecule has 0 amide bonds. The topological polar surface area (TPSA) is 25.8 Å². The number of fused-ring (bicyclic) bond motifs is 4. The number of hydrogen-bond donors (Lipinski definition) is 0. The van der Waals surface area contributed by atoms with Crippen molar-refractivity contribution in [2.75, 3.05) is 0 Å². The highest BCUT2D eigenvalue weighted by molar-refractivity contribution is 6.89. The molecule has 0 bridgehead atoms. The van der Waals surface area contributed by atoms with E-state index < -0.39 is 0 Å². The van der Waals surface area contributed by atoms with E-state index in [0.717, 1.165) is 35.3 Å². The van der Waals surface area contributed by atoms with Gasteiger partial charge in [-0.3, -0.25) is 0 Å². The Morgan fingerprint density at radius 1 is 0.533 bits per heavy atom. The molecule has 0 radical (unpaired) electrons. The zero-order chi connectivity index (χ0) is 41.0. The molecular weight excluding hydrogens is 723 g/mol. The number of aromatic nitrogens is 2. The first-order valence-corrected chi connectivity index (χ1v) is 21.5. The van der Waals surface area contributed by atoms with Crippen molar-refractivity contribution in [1.82, 2.24) is 9.97 Å². The van der Waals surface area contributed by atoms with Gasteiger partial charge in [0.1, 0.15) is 0 Å². The van der Waals surface area contributed by atoms with Gasteiger partial charge in [0.15, 0.2) is 0 Å². The number of benzene rings is 7. The summed E-state index contributed by atoms with van der Waals surface area (Å²) >= 11 is 0. The van der Waals surface area contributed by atoms with Gasteiger partial charge in [0.2, 0.25) is 6.71 Å². The minimum atomic E-state index is -0.174. The third-order valence-electron chi connectivity index (χ3n) is 13.7. The molecule has 0 fully saturated rings. The van der Waals surface area contributed by atoms with Crippen LogP contribution in [-0.4, -0.2) is 16.7 Å². The highest BCUT2D eigenvalue weighted by Crippen LogP contribution is 2.51. The van der Waals surface area contributed by atoms with Crippen molar-refractivity contribution < 1.29 is 0 Å². The average molecular weight is 773 g/mol. The summed E-state index contributed by atoms with van der Waals surface area (Å²) < 4.78 is 0. The van der Waals surface area contributed by atoms with Crippen molar-refractivity contribution in [3.8, 4) is 44.6 Å². The van der Waals surface area contributed by atoms with Crippen molar-refractivity contribution >= 4 is 34.2 Å². The van der Waals surface area contributed by atoms with E-state index in [1.54, 1.807) is 0 Å². The molecule has 2 aliphatic carbocycles. The van der Waals surface area contributed by atoms with E-state index in [1.807, 2.05) is 12.1 Å². The molecule has 0 aliphatic heterocycles. The number of rotatable bonds is 7. The van der Waals surface area contributed by atoms with Gasteiger partial charge in [-0.15, -0.1) is 0 Å². The van der Waals surface area contributed by atoms with E-state index in [1.165, 1.54) is 83.3 Å². The molecule has 60 heavy (non-hydrogen) atoms. The molecule has 0 spiro atoms. The summed E-state index contributed by atoms with van der Waals surface area (Å²) in [6, 6.07) is 60.0. The first kappa shape index (κ1) is 37.7. The molecule has 2 unspecified atom stereocenters. The highest BCUT2D eigenvalue weighted by atomic mass is 14.8. The summed E-state index contributed by atoms with van der Waals surface area (Å²) in [5, 5.41) is -0.174. The number of nitrogens with zero attached hydrogens (tertiary/aromatic N) is 2. The van der Waals surface area contributed by atoms with Gasteiger partial charge in [-0.25, -0.2) is 9.97 Å². The predicted molar refractivity (Wildman–Crippen MR) is 255 cm³/mol. The van der Waals surface area contributed by atoms with E-state index in [4.69, 9.17) is 9.97 Å². The Labute approximate surface area is 355 Å². The lowest BCUT2D eigenvalue weighted by atomic mass is 9.22. The van der Waals surface area contributed by atoms with Gasteiger partial charge in [0, 0.05) is 5.56 Å². The van der Waals surface area contributed by atoms with Crippen LogP contribution in [0.2, 0.25) is 5.31 Å². The maximum Gasteiger partial charge on any atom is 0.220 e. The summed E-state index contributed by atoms with van der Waals surface area (Å²) in [6.45, 7) is 12.0. The Kier molecular flexibility index (Phi) is 9.56. The molecule has 0 saturated heterocycles. The van der Waals surface area contributed by atoms with E-state index in [2.05, 4.69) is 198 Å². The minimum Gasteiger partial charge on any atom is -0.249 e. The van der Waals surface area contributed by atoms with E-state index >= 15 is 0 Å². The average Bonchev–Trinajstić information content (AvgIpc) is 3.29. The second-order valence-electron chi connectivity index (χ2n) is 17.3. The van der Waals surface area contributed by atoms with Gasteiger partial charge in [-0.1, -0.05) is 199 Å². The molecule has 8 aromatic rings. The summed E-state index contributed by atoms with van der Waals surface area (Å²) in [5.41, 5.74) is 23.4. The van der Waals surface area contributed by atoms with Gasteiger partial charge in [0.05, 0.1) is 22.4 Å². The third-order valence-corrected chi connectivity index (χ3v) is 13.7. The van der Waals surface area contributed by atoms with Crippen LogP contribution in [0.15, 0.2) is 182 Å².